The minimum absolute atomic E-state index is 0.117. The summed E-state index contributed by atoms with van der Waals surface area (Å²) in [7, 11) is 0. The quantitative estimate of drug-likeness (QED) is 0.601. The Hall–Kier alpha value is -1.32. The molecule has 0 saturated heterocycles. The van der Waals surface area contributed by atoms with Gasteiger partial charge < -0.3 is 9.88 Å². The van der Waals surface area contributed by atoms with Crippen molar-refractivity contribution in [2.45, 2.75) is 20.4 Å². The zero-order valence-corrected chi connectivity index (χ0v) is 7.22. The fourth-order valence-electron chi connectivity index (χ4n) is 1.44. The molecule has 2 heterocycles. The number of rotatable bonds is 0. The van der Waals surface area contributed by atoms with Crippen molar-refractivity contribution in [3.05, 3.63) is 21.6 Å². The number of hydrogen-bond donors (Lipinski definition) is 1. The molecule has 0 radical (unpaired) electrons. The van der Waals surface area contributed by atoms with Crippen LogP contribution in [0, 0.1) is 13.8 Å². The fourth-order valence-corrected chi connectivity index (χ4v) is 1.44. The maximum absolute atomic E-state index is 11.2. The second-order valence-corrected chi connectivity index (χ2v) is 3.03. The molecule has 0 unspecified atom stereocenters. The summed E-state index contributed by atoms with van der Waals surface area (Å²) in [6.07, 6.45) is 0. The van der Waals surface area contributed by atoms with E-state index in [0.717, 1.165) is 24.3 Å². The van der Waals surface area contributed by atoms with E-state index in [9.17, 15) is 4.79 Å². The van der Waals surface area contributed by atoms with Crippen molar-refractivity contribution < 1.29 is 0 Å². The van der Waals surface area contributed by atoms with Gasteiger partial charge in [-0.15, -0.1) is 0 Å². The Morgan fingerprint density at radius 3 is 3.00 bits per heavy atom. The normalized spacial score (nSPS) is 14.2. The van der Waals surface area contributed by atoms with Gasteiger partial charge in [-0.25, -0.2) is 0 Å². The van der Waals surface area contributed by atoms with E-state index in [4.69, 9.17) is 0 Å². The predicted octanol–water partition coefficient (Wildman–Crippen LogP) is 0.286. The molecule has 0 saturated carbocycles. The largest absolute Gasteiger partial charge is 0.354 e. The molecule has 4 heteroatoms. The molecule has 0 aliphatic carbocycles. The average Bonchev–Trinajstić information content (AvgIpc) is 2.48. The molecule has 0 atom stereocenters. The lowest BCUT2D eigenvalue weighted by molar-refractivity contribution is 0.749. The van der Waals surface area contributed by atoms with Crippen LogP contribution >= 0.6 is 0 Å². The second-order valence-electron chi connectivity index (χ2n) is 3.03. The van der Waals surface area contributed by atoms with Crippen LogP contribution in [-0.2, 0) is 6.54 Å². The van der Waals surface area contributed by atoms with Crippen molar-refractivity contribution in [1.82, 2.24) is 9.55 Å². The number of anilines is 1. The van der Waals surface area contributed by atoms with Crippen LogP contribution in [-0.4, -0.2) is 16.1 Å². The Morgan fingerprint density at radius 1 is 1.50 bits per heavy atom. The van der Waals surface area contributed by atoms with Gasteiger partial charge >= 0.3 is 0 Å². The number of nitrogens with one attached hydrogen (secondary N) is 1. The Kier molecular flexibility index (Phi) is 1.43. The van der Waals surface area contributed by atoms with Crippen molar-refractivity contribution in [2.24, 2.45) is 0 Å². The van der Waals surface area contributed by atoms with E-state index >= 15 is 0 Å². The molecule has 2 rings (SSSR count). The van der Waals surface area contributed by atoms with Gasteiger partial charge in [0.15, 0.2) is 0 Å². The van der Waals surface area contributed by atoms with Crippen LogP contribution in [0.25, 0.3) is 0 Å². The molecule has 0 amide bonds. The van der Waals surface area contributed by atoms with Gasteiger partial charge in [0.1, 0.15) is 0 Å². The molecule has 64 valence electrons. The van der Waals surface area contributed by atoms with Gasteiger partial charge in [-0.1, -0.05) is 0 Å². The fraction of sp³-hybridized carbons (Fsp3) is 0.500. The molecule has 4 nitrogen and oxygen atoms in total. The summed E-state index contributed by atoms with van der Waals surface area (Å²) in [4.78, 5) is 15.1. The molecule has 1 N–H and O–H groups in total. The second kappa shape index (κ2) is 2.33. The Balaban J connectivity index is 2.76. The van der Waals surface area contributed by atoms with Crippen molar-refractivity contribution in [3.63, 3.8) is 0 Å². The van der Waals surface area contributed by atoms with Gasteiger partial charge in [0, 0.05) is 24.3 Å². The smallest absolute Gasteiger partial charge is 0.277 e. The Labute approximate surface area is 70.2 Å². The first kappa shape index (κ1) is 7.34. The Morgan fingerprint density at radius 2 is 2.25 bits per heavy atom. The van der Waals surface area contributed by atoms with E-state index in [0.29, 0.717) is 5.95 Å². The van der Waals surface area contributed by atoms with Crippen molar-refractivity contribution in [3.8, 4) is 0 Å². The third-order valence-electron chi connectivity index (χ3n) is 2.35. The molecule has 1 aromatic rings. The van der Waals surface area contributed by atoms with E-state index in [1.807, 2.05) is 18.4 Å². The SMILES string of the molecule is Cc1c(C)n2c(nc1=O)NCC2. The van der Waals surface area contributed by atoms with Crippen LogP contribution in [0.4, 0.5) is 5.95 Å². The van der Waals surface area contributed by atoms with E-state index in [-0.39, 0.29) is 5.56 Å². The predicted molar refractivity (Wildman–Crippen MR) is 46.5 cm³/mol. The molecule has 1 aliphatic heterocycles. The minimum atomic E-state index is -0.117. The maximum atomic E-state index is 11.2. The zero-order valence-electron chi connectivity index (χ0n) is 7.22. The molecule has 0 spiro atoms. The maximum Gasteiger partial charge on any atom is 0.277 e. The zero-order chi connectivity index (χ0) is 8.72. The third-order valence-corrected chi connectivity index (χ3v) is 2.35. The van der Waals surface area contributed by atoms with E-state index in [2.05, 4.69) is 10.3 Å². The molecular formula is C8H11N3O. The summed E-state index contributed by atoms with van der Waals surface area (Å²) in [5.74, 6) is 0.711. The average molecular weight is 165 g/mol. The van der Waals surface area contributed by atoms with Crippen LogP contribution in [0.15, 0.2) is 4.79 Å². The van der Waals surface area contributed by atoms with Crippen LogP contribution in [0.5, 0.6) is 0 Å². The number of hydrogen-bond acceptors (Lipinski definition) is 3. The summed E-state index contributed by atoms with van der Waals surface area (Å²) in [6.45, 7) is 5.55. The van der Waals surface area contributed by atoms with Crippen LogP contribution in [0.1, 0.15) is 11.3 Å². The van der Waals surface area contributed by atoms with Gasteiger partial charge in [0.2, 0.25) is 5.95 Å². The number of aromatic nitrogens is 2. The molecule has 1 aromatic heterocycles. The van der Waals surface area contributed by atoms with Crippen LogP contribution < -0.4 is 10.9 Å². The highest BCUT2D eigenvalue weighted by atomic mass is 16.1. The van der Waals surface area contributed by atoms with Gasteiger partial charge in [-0.2, -0.15) is 4.98 Å². The van der Waals surface area contributed by atoms with Crippen LogP contribution in [0.3, 0.4) is 0 Å². The monoisotopic (exact) mass is 165 g/mol. The van der Waals surface area contributed by atoms with E-state index in [1.165, 1.54) is 0 Å². The van der Waals surface area contributed by atoms with Crippen molar-refractivity contribution in [1.29, 1.82) is 0 Å². The van der Waals surface area contributed by atoms with Gasteiger partial charge in [0.25, 0.3) is 5.56 Å². The first-order valence-electron chi connectivity index (χ1n) is 4.02. The number of fused-ring (bicyclic) bond motifs is 1. The lowest BCUT2D eigenvalue weighted by Crippen LogP contribution is -2.17. The molecule has 1 aliphatic rings. The Bertz CT molecular complexity index is 381. The lowest BCUT2D eigenvalue weighted by Gasteiger charge is -2.07. The first-order chi connectivity index (χ1) is 5.70. The highest BCUT2D eigenvalue weighted by Crippen LogP contribution is 2.12. The molecule has 0 aromatic carbocycles. The topological polar surface area (TPSA) is 46.9 Å². The summed E-state index contributed by atoms with van der Waals surface area (Å²) in [5.41, 5.74) is 1.66. The third kappa shape index (κ3) is 0.841. The van der Waals surface area contributed by atoms with Crippen molar-refractivity contribution >= 4 is 5.95 Å². The summed E-state index contributed by atoms with van der Waals surface area (Å²) in [6, 6.07) is 0. The highest BCUT2D eigenvalue weighted by Gasteiger charge is 2.14. The van der Waals surface area contributed by atoms with E-state index in [1.54, 1.807) is 0 Å². The molecule has 0 bridgehead atoms. The lowest BCUT2D eigenvalue weighted by atomic mass is 10.2. The summed E-state index contributed by atoms with van der Waals surface area (Å²) >= 11 is 0. The molecular weight excluding hydrogens is 154 g/mol. The highest BCUT2D eigenvalue weighted by molar-refractivity contribution is 5.34. The first-order valence-corrected chi connectivity index (χ1v) is 4.02. The molecule has 0 fully saturated rings. The number of nitrogens with zero attached hydrogens (tertiary/aromatic N) is 2. The minimum Gasteiger partial charge on any atom is -0.354 e. The van der Waals surface area contributed by atoms with Crippen molar-refractivity contribution in [2.75, 3.05) is 11.9 Å². The van der Waals surface area contributed by atoms with E-state index < -0.39 is 0 Å². The summed E-state index contributed by atoms with van der Waals surface area (Å²) in [5, 5.41) is 3.06. The van der Waals surface area contributed by atoms with Gasteiger partial charge in [-0.3, -0.25) is 4.79 Å². The standard InChI is InChI=1S/C8H11N3O/c1-5-6(2)11-4-3-9-8(11)10-7(5)12/h3-4H2,1-2H3,(H,9,10,12). The molecule has 12 heavy (non-hydrogen) atoms. The van der Waals surface area contributed by atoms with Gasteiger partial charge in [0.05, 0.1) is 0 Å². The van der Waals surface area contributed by atoms with Gasteiger partial charge in [-0.05, 0) is 13.8 Å². The summed E-state index contributed by atoms with van der Waals surface area (Å²) < 4.78 is 2.04. The van der Waals surface area contributed by atoms with Crippen LogP contribution in [0.2, 0.25) is 0 Å².